The first kappa shape index (κ1) is 17.2. The highest BCUT2D eigenvalue weighted by molar-refractivity contribution is 5.76. The van der Waals surface area contributed by atoms with E-state index in [1.807, 2.05) is 6.92 Å². The van der Waals surface area contributed by atoms with Crippen molar-refractivity contribution >= 4 is 17.8 Å². The Kier molecular flexibility index (Phi) is 5.90. The molecule has 0 saturated carbocycles. The van der Waals surface area contributed by atoms with Crippen LogP contribution in [0.2, 0.25) is 0 Å². The van der Waals surface area contributed by atoms with E-state index < -0.39 is 23.7 Å². The van der Waals surface area contributed by atoms with Crippen LogP contribution in [-0.2, 0) is 11.0 Å². The molecule has 21 heavy (non-hydrogen) atoms. The number of benzene rings is 1. The van der Waals surface area contributed by atoms with Crippen molar-refractivity contribution in [1.29, 1.82) is 0 Å². The van der Waals surface area contributed by atoms with Crippen LogP contribution >= 0.6 is 0 Å². The van der Waals surface area contributed by atoms with Crippen LogP contribution in [0.1, 0.15) is 37.4 Å². The third-order valence-corrected chi connectivity index (χ3v) is 2.82. The van der Waals surface area contributed by atoms with Crippen LogP contribution in [0.15, 0.2) is 23.2 Å². The molecule has 0 aliphatic carbocycles. The summed E-state index contributed by atoms with van der Waals surface area (Å²) in [4.78, 5) is 14.9. The normalized spacial score (nSPS) is 13.6. The summed E-state index contributed by atoms with van der Waals surface area (Å²) in [5.74, 6) is -0.576. The average Bonchev–Trinajstić information content (AvgIpc) is 2.41. The maximum Gasteiger partial charge on any atom is 0.416 e. The van der Waals surface area contributed by atoms with E-state index in [0.29, 0.717) is 17.7 Å². The molecule has 1 unspecified atom stereocenters. The number of nitrogens with zero attached hydrogens (tertiary/aromatic N) is 1. The molecule has 0 fully saturated rings. The molecule has 0 aliphatic heterocycles. The monoisotopic (exact) mass is 301 g/mol. The highest BCUT2D eigenvalue weighted by Gasteiger charge is 2.31. The summed E-state index contributed by atoms with van der Waals surface area (Å²) in [5.41, 5.74) is 5.09. The molecule has 1 rings (SSSR count). The van der Waals surface area contributed by atoms with Crippen molar-refractivity contribution in [2.45, 2.75) is 32.5 Å². The van der Waals surface area contributed by atoms with E-state index in [0.717, 1.165) is 12.1 Å². The van der Waals surface area contributed by atoms with Gasteiger partial charge in [-0.15, -0.1) is 0 Å². The number of hydrogen-bond acceptors (Lipinski definition) is 3. The van der Waals surface area contributed by atoms with Crippen LogP contribution in [0, 0.1) is 0 Å². The molecule has 0 bridgehead atoms. The number of rotatable bonds is 6. The minimum Gasteiger partial charge on any atom is -0.369 e. The van der Waals surface area contributed by atoms with E-state index in [4.69, 9.17) is 5.73 Å². The third-order valence-electron chi connectivity index (χ3n) is 2.82. The minimum atomic E-state index is -4.43. The van der Waals surface area contributed by atoms with Gasteiger partial charge in [0.25, 0.3) is 0 Å². The van der Waals surface area contributed by atoms with Crippen LogP contribution in [0.25, 0.3) is 0 Å². The second kappa shape index (κ2) is 7.21. The molecule has 3 N–H and O–H groups in total. The Bertz CT molecular complexity index is 527. The Balaban J connectivity index is 3.15. The summed E-state index contributed by atoms with van der Waals surface area (Å²) in [6.07, 6.45) is -2.14. The largest absolute Gasteiger partial charge is 0.416 e. The molecule has 0 heterocycles. The van der Waals surface area contributed by atoms with Crippen molar-refractivity contribution in [1.82, 2.24) is 5.32 Å². The molecule has 1 amide bonds. The molecule has 7 heteroatoms. The fourth-order valence-corrected chi connectivity index (χ4v) is 1.75. The van der Waals surface area contributed by atoms with Gasteiger partial charge in [-0.1, -0.05) is 6.92 Å². The summed E-state index contributed by atoms with van der Waals surface area (Å²) < 4.78 is 38.4. The van der Waals surface area contributed by atoms with Gasteiger partial charge in [-0.3, -0.25) is 9.79 Å². The van der Waals surface area contributed by atoms with E-state index in [1.165, 1.54) is 6.07 Å². The van der Waals surface area contributed by atoms with Gasteiger partial charge in [-0.25, -0.2) is 0 Å². The summed E-state index contributed by atoms with van der Waals surface area (Å²) >= 11 is 0. The lowest BCUT2D eigenvalue weighted by Gasteiger charge is -2.17. The average molecular weight is 301 g/mol. The van der Waals surface area contributed by atoms with E-state index >= 15 is 0 Å². The molecule has 0 spiro atoms. The van der Waals surface area contributed by atoms with E-state index in [9.17, 15) is 18.0 Å². The van der Waals surface area contributed by atoms with E-state index in [1.54, 1.807) is 13.1 Å². The topological polar surface area (TPSA) is 67.5 Å². The number of alkyl halides is 3. The maximum absolute atomic E-state index is 12.8. The zero-order chi connectivity index (χ0) is 16.0. The van der Waals surface area contributed by atoms with Gasteiger partial charge in [0.2, 0.25) is 5.91 Å². The molecular formula is C14H18F3N3O. The number of carbonyl (C=O) groups excluding carboxylic acids is 1. The summed E-state index contributed by atoms with van der Waals surface area (Å²) in [7, 11) is 0. The smallest absolute Gasteiger partial charge is 0.369 e. The first-order valence-corrected chi connectivity index (χ1v) is 6.51. The highest BCUT2D eigenvalue weighted by Crippen LogP contribution is 2.34. The molecule has 0 radical (unpaired) electrons. The second-order valence-electron chi connectivity index (χ2n) is 4.56. The zero-order valence-corrected chi connectivity index (χ0v) is 11.9. The molecule has 1 aromatic rings. The second-order valence-corrected chi connectivity index (χ2v) is 4.56. The lowest BCUT2D eigenvalue weighted by Crippen LogP contribution is -2.30. The Morgan fingerprint density at radius 3 is 2.67 bits per heavy atom. The maximum atomic E-state index is 12.8. The van der Waals surface area contributed by atoms with Crippen molar-refractivity contribution in [3.8, 4) is 0 Å². The first-order chi connectivity index (χ1) is 9.75. The van der Waals surface area contributed by atoms with Gasteiger partial charge in [0, 0.05) is 12.3 Å². The predicted molar refractivity (Wildman–Crippen MR) is 75.5 cm³/mol. The Labute approximate surface area is 121 Å². The van der Waals surface area contributed by atoms with Crippen LogP contribution in [0.4, 0.5) is 18.9 Å². The standard InChI is InChI=1S/C14H18F3N3O/c1-3-6-19-12-5-4-10(14(15,16)17)7-11(12)9(2)20-8-13(18)21/h4-7,9,20H,3,8H2,1-2H3,(H2,18,21). The number of aliphatic imine (C=N–C) groups is 1. The van der Waals surface area contributed by atoms with Crippen LogP contribution in [0.3, 0.4) is 0 Å². The summed E-state index contributed by atoms with van der Waals surface area (Å²) in [5, 5.41) is 2.78. The van der Waals surface area contributed by atoms with Crippen molar-refractivity contribution in [2.75, 3.05) is 6.54 Å². The first-order valence-electron chi connectivity index (χ1n) is 6.51. The number of halogens is 3. The molecule has 0 aromatic heterocycles. The highest BCUT2D eigenvalue weighted by atomic mass is 19.4. The van der Waals surface area contributed by atoms with E-state index in [-0.39, 0.29) is 6.54 Å². The number of primary amides is 1. The molecular weight excluding hydrogens is 283 g/mol. The Morgan fingerprint density at radius 1 is 1.48 bits per heavy atom. The number of hydrogen-bond donors (Lipinski definition) is 2. The van der Waals surface area contributed by atoms with Crippen molar-refractivity contribution < 1.29 is 18.0 Å². The Morgan fingerprint density at radius 2 is 2.14 bits per heavy atom. The van der Waals surface area contributed by atoms with E-state index in [2.05, 4.69) is 10.3 Å². The minimum absolute atomic E-state index is 0.117. The van der Waals surface area contributed by atoms with Gasteiger partial charge in [-0.2, -0.15) is 13.2 Å². The van der Waals surface area contributed by atoms with Crippen molar-refractivity contribution in [2.24, 2.45) is 10.7 Å². The van der Waals surface area contributed by atoms with Crippen LogP contribution in [0.5, 0.6) is 0 Å². The molecule has 4 nitrogen and oxygen atoms in total. The third kappa shape index (κ3) is 5.18. The van der Waals surface area contributed by atoms with Crippen LogP contribution < -0.4 is 11.1 Å². The van der Waals surface area contributed by atoms with Crippen molar-refractivity contribution in [3.63, 3.8) is 0 Å². The number of nitrogens with two attached hydrogens (primary N) is 1. The molecule has 1 atom stereocenters. The van der Waals surface area contributed by atoms with Gasteiger partial charge in [0.05, 0.1) is 17.8 Å². The van der Waals surface area contributed by atoms with Crippen molar-refractivity contribution in [3.05, 3.63) is 29.3 Å². The fraction of sp³-hybridized carbons (Fsp3) is 0.429. The SMILES string of the molecule is CCC=Nc1ccc(C(F)(F)F)cc1C(C)NCC(N)=O. The van der Waals surface area contributed by atoms with Gasteiger partial charge in [-0.05, 0) is 37.1 Å². The van der Waals surface area contributed by atoms with Gasteiger partial charge in [0.15, 0.2) is 0 Å². The molecule has 116 valence electrons. The zero-order valence-electron chi connectivity index (χ0n) is 11.9. The lowest BCUT2D eigenvalue weighted by molar-refractivity contribution is -0.137. The van der Waals surface area contributed by atoms with Crippen LogP contribution in [-0.4, -0.2) is 18.7 Å². The molecule has 1 aromatic carbocycles. The van der Waals surface area contributed by atoms with Gasteiger partial charge >= 0.3 is 6.18 Å². The summed E-state index contributed by atoms with van der Waals surface area (Å²) in [6, 6.07) is 2.88. The molecule has 0 aliphatic rings. The molecule has 0 saturated heterocycles. The fourth-order valence-electron chi connectivity index (χ4n) is 1.75. The summed E-state index contributed by atoms with van der Waals surface area (Å²) in [6.45, 7) is 3.42. The number of nitrogens with one attached hydrogen (secondary N) is 1. The Hall–Kier alpha value is -1.89. The quantitative estimate of drug-likeness (QED) is 0.793. The number of amides is 1. The van der Waals surface area contributed by atoms with Gasteiger partial charge < -0.3 is 11.1 Å². The predicted octanol–water partition coefficient (Wildman–Crippen LogP) is 2.95. The lowest BCUT2D eigenvalue weighted by atomic mass is 10.0. The number of carbonyl (C=O) groups is 1. The van der Waals surface area contributed by atoms with Gasteiger partial charge in [0.1, 0.15) is 0 Å².